The van der Waals surface area contributed by atoms with Crippen LogP contribution in [0.2, 0.25) is 0 Å². The summed E-state index contributed by atoms with van der Waals surface area (Å²) < 4.78 is 4.61. The summed E-state index contributed by atoms with van der Waals surface area (Å²) >= 11 is 0. The second kappa shape index (κ2) is 4.81. The lowest BCUT2D eigenvalue weighted by Crippen LogP contribution is -2.29. The molecule has 3 rings (SSSR count). The molecule has 1 aromatic heterocycles. The molecule has 1 aliphatic rings. The minimum Gasteiger partial charge on any atom is -0.382 e. The number of hydrogen-bond donors (Lipinski definition) is 2. The van der Waals surface area contributed by atoms with E-state index in [2.05, 4.69) is 25.6 Å². The molecule has 8 nitrogen and oxygen atoms in total. The zero-order chi connectivity index (χ0) is 13.2. The van der Waals surface area contributed by atoms with Crippen molar-refractivity contribution in [3.05, 3.63) is 22.2 Å². The Morgan fingerprint density at radius 1 is 1.47 bits per heavy atom. The first kappa shape index (κ1) is 11.8. The van der Waals surface area contributed by atoms with Crippen molar-refractivity contribution >= 4 is 22.4 Å². The Labute approximate surface area is 108 Å². The molecule has 2 N–H and O–H groups in total. The molecular formula is C11H13N5O3. The van der Waals surface area contributed by atoms with Gasteiger partial charge in [0.2, 0.25) is 5.52 Å². The molecule has 0 aliphatic carbocycles. The Kier molecular flexibility index (Phi) is 3.00. The van der Waals surface area contributed by atoms with Gasteiger partial charge in [0.25, 0.3) is 0 Å². The Balaban J connectivity index is 1.85. The highest BCUT2D eigenvalue weighted by Crippen LogP contribution is 2.28. The molecule has 0 radical (unpaired) electrons. The predicted molar refractivity (Wildman–Crippen MR) is 68.0 cm³/mol. The lowest BCUT2D eigenvalue weighted by Gasteiger charge is -2.12. The monoisotopic (exact) mass is 263 g/mol. The van der Waals surface area contributed by atoms with Crippen molar-refractivity contribution in [2.75, 3.05) is 18.4 Å². The normalized spacial score (nSPS) is 18.8. The minimum atomic E-state index is -0.491. The summed E-state index contributed by atoms with van der Waals surface area (Å²) in [5.74, 6) is 0. The molecule has 0 saturated carbocycles. The first-order chi connectivity index (χ1) is 9.25. The van der Waals surface area contributed by atoms with Gasteiger partial charge in [-0.3, -0.25) is 10.1 Å². The van der Waals surface area contributed by atoms with Gasteiger partial charge in [0.1, 0.15) is 0 Å². The quantitative estimate of drug-likeness (QED) is 0.632. The van der Waals surface area contributed by atoms with E-state index in [0.717, 1.165) is 19.5 Å². The van der Waals surface area contributed by atoms with E-state index in [1.54, 1.807) is 6.07 Å². The first-order valence-electron chi connectivity index (χ1n) is 6.12. The summed E-state index contributed by atoms with van der Waals surface area (Å²) in [6.45, 7) is 1.79. The second-order valence-corrected chi connectivity index (χ2v) is 4.52. The molecule has 1 atom stereocenters. The predicted octanol–water partition coefficient (Wildman–Crippen LogP) is 1.29. The lowest BCUT2D eigenvalue weighted by molar-refractivity contribution is -0.383. The van der Waals surface area contributed by atoms with Gasteiger partial charge in [-0.2, -0.15) is 0 Å². The van der Waals surface area contributed by atoms with E-state index in [1.807, 2.05) is 0 Å². The molecule has 1 aliphatic heterocycles. The van der Waals surface area contributed by atoms with E-state index in [4.69, 9.17) is 0 Å². The van der Waals surface area contributed by atoms with Crippen molar-refractivity contribution in [1.82, 2.24) is 15.6 Å². The average Bonchev–Trinajstić information content (AvgIpc) is 3.06. The zero-order valence-corrected chi connectivity index (χ0v) is 10.1. The summed E-state index contributed by atoms with van der Waals surface area (Å²) in [6.07, 6.45) is 2.30. The van der Waals surface area contributed by atoms with Gasteiger partial charge in [0.15, 0.2) is 5.52 Å². The Hall–Kier alpha value is -2.22. The van der Waals surface area contributed by atoms with Crippen molar-refractivity contribution < 1.29 is 9.55 Å². The number of anilines is 1. The van der Waals surface area contributed by atoms with E-state index in [-0.39, 0.29) is 11.2 Å². The van der Waals surface area contributed by atoms with Crippen LogP contribution in [0, 0.1) is 10.1 Å². The summed E-state index contributed by atoms with van der Waals surface area (Å²) in [6, 6.07) is 3.47. The molecule has 0 bridgehead atoms. The second-order valence-electron chi connectivity index (χ2n) is 4.52. The zero-order valence-electron chi connectivity index (χ0n) is 10.1. The fourth-order valence-corrected chi connectivity index (χ4v) is 2.31. The lowest BCUT2D eigenvalue weighted by atomic mass is 10.2. The van der Waals surface area contributed by atoms with Gasteiger partial charge in [-0.25, -0.2) is 4.63 Å². The third-order valence-corrected chi connectivity index (χ3v) is 3.29. The van der Waals surface area contributed by atoms with Crippen LogP contribution in [0.4, 0.5) is 11.4 Å². The van der Waals surface area contributed by atoms with Gasteiger partial charge in [0, 0.05) is 18.7 Å². The highest BCUT2D eigenvalue weighted by atomic mass is 16.6. The topological polar surface area (TPSA) is 106 Å². The van der Waals surface area contributed by atoms with Crippen LogP contribution >= 0.6 is 0 Å². The number of nitro benzene ring substituents is 1. The van der Waals surface area contributed by atoms with Crippen molar-refractivity contribution in [1.29, 1.82) is 0 Å². The molecule has 0 spiro atoms. The number of non-ortho nitro benzene ring substituents is 1. The number of rotatable bonds is 4. The maximum Gasteiger partial charge on any atom is 0.300 e. The van der Waals surface area contributed by atoms with Crippen LogP contribution in [-0.2, 0) is 0 Å². The van der Waals surface area contributed by atoms with Crippen molar-refractivity contribution in [3.8, 4) is 0 Å². The smallest absolute Gasteiger partial charge is 0.300 e. The maximum atomic E-state index is 10.9. The number of aromatic nitrogens is 2. The van der Waals surface area contributed by atoms with E-state index >= 15 is 0 Å². The fraction of sp³-hybridized carbons (Fsp3) is 0.455. The molecule has 1 aromatic carbocycles. The molecule has 2 aromatic rings. The minimum absolute atomic E-state index is 0.0965. The van der Waals surface area contributed by atoms with E-state index in [0.29, 0.717) is 17.2 Å². The summed E-state index contributed by atoms with van der Waals surface area (Å²) in [5.41, 5.74) is 1.18. The van der Waals surface area contributed by atoms with Crippen molar-refractivity contribution in [2.45, 2.75) is 18.9 Å². The van der Waals surface area contributed by atoms with Crippen LogP contribution < -0.4 is 10.6 Å². The Morgan fingerprint density at radius 2 is 2.32 bits per heavy atom. The Morgan fingerprint density at radius 3 is 3.05 bits per heavy atom. The van der Waals surface area contributed by atoms with Crippen LogP contribution in [0.1, 0.15) is 12.8 Å². The van der Waals surface area contributed by atoms with E-state index in [1.165, 1.54) is 12.5 Å². The molecular weight excluding hydrogens is 250 g/mol. The molecule has 100 valence electrons. The van der Waals surface area contributed by atoms with Crippen molar-refractivity contribution in [3.63, 3.8) is 0 Å². The van der Waals surface area contributed by atoms with Crippen LogP contribution in [0.25, 0.3) is 11.0 Å². The Bertz CT molecular complexity index is 605. The van der Waals surface area contributed by atoms with Gasteiger partial charge in [0.05, 0.1) is 10.6 Å². The van der Waals surface area contributed by atoms with Gasteiger partial charge in [-0.05, 0) is 35.8 Å². The molecule has 0 amide bonds. The number of nitrogens with one attached hydrogen (secondary N) is 2. The molecule has 1 fully saturated rings. The van der Waals surface area contributed by atoms with Gasteiger partial charge >= 0.3 is 5.69 Å². The first-order valence-corrected chi connectivity index (χ1v) is 6.12. The van der Waals surface area contributed by atoms with E-state index in [9.17, 15) is 10.1 Å². The SMILES string of the molecule is O=[N+]([O-])c1ccc(NCC2CCCN2)c2nonc12. The highest BCUT2D eigenvalue weighted by molar-refractivity contribution is 5.93. The number of benzene rings is 1. The number of fused-ring (bicyclic) bond motifs is 1. The largest absolute Gasteiger partial charge is 0.382 e. The molecule has 2 heterocycles. The van der Waals surface area contributed by atoms with Crippen LogP contribution in [0.5, 0.6) is 0 Å². The fourth-order valence-electron chi connectivity index (χ4n) is 2.31. The standard InChI is InChI=1S/C11H13N5O3/c17-16(18)9-4-3-8(10-11(9)15-19-14-10)13-6-7-2-1-5-12-7/h3-4,7,12-13H,1-2,5-6H2. The van der Waals surface area contributed by atoms with Gasteiger partial charge in [-0.1, -0.05) is 0 Å². The summed E-state index contributed by atoms with van der Waals surface area (Å²) in [4.78, 5) is 10.4. The van der Waals surface area contributed by atoms with Gasteiger partial charge < -0.3 is 10.6 Å². The highest BCUT2D eigenvalue weighted by Gasteiger charge is 2.20. The third kappa shape index (κ3) is 2.22. The number of hydrogen-bond acceptors (Lipinski definition) is 7. The molecule has 8 heteroatoms. The van der Waals surface area contributed by atoms with Crippen LogP contribution in [0.15, 0.2) is 16.8 Å². The van der Waals surface area contributed by atoms with Crippen molar-refractivity contribution in [2.24, 2.45) is 0 Å². The number of nitrogens with zero attached hydrogens (tertiary/aromatic N) is 3. The van der Waals surface area contributed by atoms with E-state index < -0.39 is 4.92 Å². The molecule has 1 unspecified atom stereocenters. The number of nitro groups is 1. The van der Waals surface area contributed by atoms with Gasteiger partial charge in [-0.15, -0.1) is 0 Å². The summed E-state index contributed by atoms with van der Waals surface area (Å²) in [5, 5.41) is 24.8. The third-order valence-electron chi connectivity index (χ3n) is 3.29. The van der Waals surface area contributed by atoms with Crippen LogP contribution in [-0.4, -0.2) is 34.4 Å². The molecule has 1 saturated heterocycles. The summed E-state index contributed by atoms with van der Waals surface area (Å²) in [7, 11) is 0. The average molecular weight is 263 g/mol. The maximum absolute atomic E-state index is 10.9. The molecule has 19 heavy (non-hydrogen) atoms. The van der Waals surface area contributed by atoms with Crippen LogP contribution in [0.3, 0.4) is 0 Å².